The Balaban J connectivity index is 3.08. The fourth-order valence-corrected chi connectivity index (χ4v) is 1.11. The van der Waals surface area contributed by atoms with E-state index in [0.29, 0.717) is 0 Å². The molecule has 1 aromatic heterocycles. The number of ketones is 1. The van der Waals surface area contributed by atoms with Crippen LogP contribution in [0.3, 0.4) is 0 Å². The Hall–Kier alpha value is -1.31. The molecule has 0 amide bonds. The second-order valence-electron chi connectivity index (χ2n) is 2.82. The van der Waals surface area contributed by atoms with Gasteiger partial charge in [0.25, 0.3) is 0 Å². The third-order valence-corrected chi connectivity index (χ3v) is 1.79. The molecular formula is C10H13NO. The molecule has 0 N–H and O–H groups in total. The van der Waals surface area contributed by atoms with E-state index in [0.717, 1.165) is 11.3 Å². The van der Waals surface area contributed by atoms with Crippen LogP contribution in [0, 0.1) is 0 Å². The van der Waals surface area contributed by atoms with Crippen molar-refractivity contribution in [2.24, 2.45) is 7.05 Å². The van der Waals surface area contributed by atoms with Crippen LogP contribution in [-0.2, 0) is 7.05 Å². The van der Waals surface area contributed by atoms with Crippen molar-refractivity contribution in [3.63, 3.8) is 0 Å². The molecule has 0 bridgehead atoms. The summed E-state index contributed by atoms with van der Waals surface area (Å²) in [7, 11) is 1.93. The highest BCUT2D eigenvalue weighted by Gasteiger charge is 2.03. The SMILES string of the molecule is C/C=C/c1cc(C(C)=O)cn1C. The van der Waals surface area contributed by atoms with E-state index in [1.807, 2.05) is 43.0 Å². The minimum absolute atomic E-state index is 0.112. The summed E-state index contributed by atoms with van der Waals surface area (Å²) < 4.78 is 1.94. The largest absolute Gasteiger partial charge is 0.350 e. The van der Waals surface area contributed by atoms with Gasteiger partial charge in [-0.25, -0.2) is 0 Å². The summed E-state index contributed by atoms with van der Waals surface area (Å²) in [4.78, 5) is 11.0. The maximum Gasteiger partial charge on any atom is 0.161 e. The van der Waals surface area contributed by atoms with Crippen LogP contribution in [-0.4, -0.2) is 10.4 Å². The van der Waals surface area contributed by atoms with E-state index in [1.54, 1.807) is 6.92 Å². The summed E-state index contributed by atoms with van der Waals surface area (Å²) in [6.07, 6.45) is 5.78. The lowest BCUT2D eigenvalue weighted by molar-refractivity contribution is 0.101. The number of hydrogen-bond acceptors (Lipinski definition) is 1. The van der Waals surface area contributed by atoms with E-state index in [-0.39, 0.29) is 5.78 Å². The highest BCUT2D eigenvalue weighted by Crippen LogP contribution is 2.09. The number of hydrogen-bond donors (Lipinski definition) is 0. The van der Waals surface area contributed by atoms with Gasteiger partial charge in [0.05, 0.1) is 0 Å². The molecule has 0 fully saturated rings. The zero-order valence-electron chi connectivity index (χ0n) is 7.66. The number of aromatic nitrogens is 1. The molecule has 2 nitrogen and oxygen atoms in total. The lowest BCUT2D eigenvalue weighted by Gasteiger charge is -1.92. The van der Waals surface area contributed by atoms with Crippen LogP contribution < -0.4 is 0 Å². The van der Waals surface area contributed by atoms with Crippen LogP contribution in [0.1, 0.15) is 29.9 Å². The molecule has 0 saturated heterocycles. The Bertz CT molecular complexity index is 321. The first kappa shape index (κ1) is 8.78. The van der Waals surface area contributed by atoms with Gasteiger partial charge in [-0.3, -0.25) is 4.79 Å². The summed E-state index contributed by atoms with van der Waals surface area (Å²) in [5.74, 6) is 0.112. The van der Waals surface area contributed by atoms with Crippen molar-refractivity contribution in [1.29, 1.82) is 0 Å². The summed E-state index contributed by atoms with van der Waals surface area (Å²) in [5.41, 5.74) is 1.83. The number of aryl methyl sites for hydroxylation is 1. The third-order valence-electron chi connectivity index (χ3n) is 1.79. The van der Waals surface area contributed by atoms with E-state index < -0.39 is 0 Å². The number of rotatable bonds is 2. The lowest BCUT2D eigenvalue weighted by Crippen LogP contribution is -1.88. The molecule has 0 unspecified atom stereocenters. The Labute approximate surface area is 72.5 Å². The maximum atomic E-state index is 11.0. The van der Waals surface area contributed by atoms with Gasteiger partial charge in [-0.05, 0) is 26.0 Å². The molecule has 0 aliphatic rings. The van der Waals surface area contributed by atoms with Crippen LogP contribution >= 0.6 is 0 Å². The molecule has 0 radical (unpaired) electrons. The van der Waals surface area contributed by atoms with Gasteiger partial charge in [0, 0.05) is 24.5 Å². The first-order chi connectivity index (χ1) is 5.65. The van der Waals surface area contributed by atoms with Gasteiger partial charge >= 0.3 is 0 Å². The quantitative estimate of drug-likeness (QED) is 0.613. The molecule has 0 aromatic carbocycles. The second kappa shape index (κ2) is 3.39. The van der Waals surface area contributed by atoms with Crippen LogP contribution in [0.2, 0.25) is 0 Å². The normalized spacial score (nSPS) is 10.9. The minimum atomic E-state index is 0.112. The van der Waals surface area contributed by atoms with Crippen molar-refractivity contribution < 1.29 is 4.79 Å². The minimum Gasteiger partial charge on any atom is -0.350 e. The van der Waals surface area contributed by atoms with Gasteiger partial charge < -0.3 is 4.57 Å². The average Bonchev–Trinajstić information content (AvgIpc) is 2.34. The van der Waals surface area contributed by atoms with Crippen molar-refractivity contribution in [1.82, 2.24) is 4.57 Å². The molecule has 2 heteroatoms. The summed E-state index contributed by atoms with van der Waals surface area (Å²) in [6.45, 7) is 3.54. The van der Waals surface area contributed by atoms with E-state index in [2.05, 4.69) is 0 Å². The Morgan fingerprint density at radius 1 is 1.58 bits per heavy atom. The van der Waals surface area contributed by atoms with E-state index in [4.69, 9.17) is 0 Å². The molecule has 1 aromatic rings. The third kappa shape index (κ3) is 1.64. The number of nitrogens with zero attached hydrogens (tertiary/aromatic N) is 1. The predicted octanol–water partition coefficient (Wildman–Crippen LogP) is 2.26. The maximum absolute atomic E-state index is 11.0. The molecule has 0 spiro atoms. The van der Waals surface area contributed by atoms with Gasteiger partial charge in [-0.1, -0.05) is 6.08 Å². The van der Waals surface area contributed by atoms with E-state index >= 15 is 0 Å². The Morgan fingerprint density at radius 3 is 2.67 bits per heavy atom. The summed E-state index contributed by atoms with van der Waals surface area (Å²) in [6, 6.07) is 1.89. The van der Waals surface area contributed by atoms with Crippen LogP contribution in [0.15, 0.2) is 18.3 Å². The van der Waals surface area contributed by atoms with Gasteiger partial charge in [-0.2, -0.15) is 0 Å². The Kier molecular flexibility index (Phi) is 2.48. The number of carbonyl (C=O) groups is 1. The van der Waals surface area contributed by atoms with Crippen molar-refractivity contribution in [2.75, 3.05) is 0 Å². The fourth-order valence-electron chi connectivity index (χ4n) is 1.11. The number of carbonyl (C=O) groups excluding carboxylic acids is 1. The molecule has 0 aliphatic carbocycles. The lowest BCUT2D eigenvalue weighted by atomic mass is 10.2. The van der Waals surface area contributed by atoms with E-state index in [9.17, 15) is 4.79 Å². The van der Waals surface area contributed by atoms with Crippen molar-refractivity contribution in [3.05, 3.63) is 29.6 Å². The van der Waals surface area contributed by atoms with Crippen molar-refractivity contribution in [2.45, 2.75) is 13.8 Å². The first-order valence-corrected chi connectivity index (χ1v) is 3.95. The molecule has 12 heavy (non-hydrogen) atoms. The molecular weight excluding hydrogens is 150 g/mol. The highest BCUT2D eigenvalue weighted by atomic mass is 16.1. The highest BCUT2D eigenvalue weighted by molar-refractivity contribution is 5.94. The monoisotopic (exact) mass is 163 g/mol. The van der Waals surface area contributed by atoms with Gasteiger partial charge in [0.1, 0.15) is 0 Å². The molecule has 0 atom stereocenters. The number of allylic oxidation sites excluding steroid dienone is 1. The fraction of sp³-hybridized carbons (Fsp3) is 0.300. The summed E-state index contributed by atoms with van der Waals surface area (Å²) >= 11 is 0. The standard InChI is InChI=1S/C10H13NO/c1-4-5-10-6-9(8(2)12)7-11(10)3/h4-7H,1-3H3/b5-4+. The zero-order chi connectivity index (χ0) is 9.14. The van der Waals surface area contributed by atoms with Crippen molar-refractivity contribution >= 4 is 11.9 Å². The van der Waals surface area contributed by atoms with Gasteiger partial charge in [0.15, 0.2) is 5.78 Å². The number of Topliss-reactive ketones (excluding diaryl/α,β-unsaturated/α-hetero) is 1. The van der Waals surface area contributed by atoms with E-state index in [1.165, 1.54) is 0 Å². The van der Waals surface area contributed by atoms with Crippen LogP contribution in [0.25, 0.3) is 6.08 Å². The molecule has 1 rings (SSSR count). The topological polar surface area (TPSA) is 22.0 Å². The molecule has 64 valence electrons. The molecule has 0 aliphatic heterocycles. The zero-order valence-corrected chi connectivity index (χ0v) is 7.66. The Morgan fingerprint density at radius 2 is 2.25 bits per heavy atom. The average molecular weight is 163 g/mol. The summed E-state index contributed by atoms with van der Waals surface area (Å²) in [5, 5.41) is 0. The smallest absolute Gasteiger partial charge is 0.161 e. The second-order valence-corrected chi connectivity index (χ2v) is 2.82. The predicted molar refractivity (Wildman–Crippen MR) is 50.1 cm³/mol. The molecule has 0 saturated carbocycles. The van der Waals surface area contributed by atoms with Crippen LogP contribution in [0.5, 0.6) is 0 Å². The van der Waals surface area contributed by atoms with Crippen molar-refractivity contribution in [3.8, 4) is 0 Å². The van der Waals surface area contributed by atoms with Gasteiger partial charge in [0.2, 0.25) is 0 Å². The van der Waals surface area contributed by atoms with Crippen LogP contribution in [0.4, 0.5) is 0 Å². The van der Waals surface area contributed by atoms with Gasteiger partial charge in [-0.15, -0.1) is 0 Å². The molecule has 1 heterocycles. The first-order valence-electron chi connectivity index (χ1n) is 3.95.